The van der Waals surface area contributed by atoms with Gasteiger partial charge >= 0.3 is 0 Å². The molecule has 1 saturated heterocycles. The van der Waals surface area contributed by atoms with Crippen LogP contribution in [0.3, 0.4) is 0 Å². The summed E-state index contributed by atoms with van der Waals surface area (Å²) in [5.41, 5.74) is 1.38. The molecule has 1 aromatic carbocycles. The highest BCUT2D eigenvalue weighted by Gasteiger charge is 2.73. The minimum atomic E-state index is -0.448. The predicted molar refractivity (Wildman–Crippen MR) is 82.7 cm³/mol. The molecular weight excluding hydrogens is 294 g/mol. The van der Waals surface area contributed by atoms with E-state index in [2.05, 4.69) is 0 Å². The van der Waals surface area contributed by atoms with Crippen molar-refractivity contribution in [2.45, 2.75) is 55.3 Å². The molecule has 0 radical (unpaired) electrons. The largest absolute Gasteiger partial charge is 0.504 e. The molecule has 2 bridgehead atoms. The van der Waals surface area contributed by atoms with Gasteiger partial charge in [-0.3, -0.25) is 4.79 Å². The second-order valence-electron chi connectivity index (χ2n) is 7.41. The van der Waals surface area contributed by atoms with E-state index in [1.807, 2.05) is 18.0 Å². The Morgan fingerprint density at radius 2 is 2.26 bits per heavy atom. The molecule has 2 heterocycles. The lowest BCUT2D eigenvalue weighted by atomic mass is 9.49. The van der Waals surface area contributed by atoms with E-state index in [0.29, 0.717) is 12.2 Å². The quantitative estimate of drug-likeness (QED) is 0.858. The van der Waals surface area contributed by atoms with Crippen molar-refractivity contribution in [3.05, 3.63) is 23.3 Å². The van der Waals surface area contributed by atoms with Crippen LogP contribution in [0.2, 0.25) is 0 Å². The SMILES string of the molecule is CO[C@@]12CCC[C@H]3Oc4c(O)ccc5c4[C@@]31CC(=O)N(C)[C@@H]2C5. The van der Waals surface area contributed by atoms with E-state index in [0.717, 1.165) is 31.2 Å². The molecule has 122 valence electrons. The number of amides is 1. The molecule has 2 aliphatic carbocycles. The van der Waals surface area contributed by atoms with Crippen LogP contribution in [-0.4, -0.2) is 47.8 Å². The lowest BCUT2D eigenvalue weighted by molar-refractivity contribution is -0.203. The van der Waals surface area contributed by atoms with Crippen LogP contribution in [0.1, 0.15) is 36.8 Å². The number of carbonyl (C=O) groups is 1. The number of carbonyl (C=O) groups excluding carboxylic acids is 1. The van der Waals surface area contributed by atoms with Crippen molar-refractivity contribution in [1.29, 1.82) is 0 Å². The summed E-state index contributed by atoms with van der Waals surface area (Å²) in [5, 5.41) is 10.3. The summed E-state index contributed by atoms with van der Waals surface area (Å²) >= 11 is 0. The van der Waals surface area contributed by atoms with E-state index in [4.69, 9.17) is 9.47 Å². The number of piperidine rings is 1. The van der Waals surface area contributed by atoms with Gasteiger partial charge < -0.3 is 19.5 Å². The number of aromatic hydroxyl groups is 1. The summed E-state index contributed by atoms with van der Waals surface area (Å²) < 4.78 is 12.4. The molecule has 0 aromatic heterocycles. The Labute approximate surface area is 135 Å². The highest BCUT2D eigenvalue weighted by atomic mass is 16.5. The van der Waals surface area contributed by atoms with Gasteiger partial charge in [-0.05, 0) is 37.3 Å². The summed E-state index contributed by atoms with van der Waals surface area (Å²) in [6.07, 6.45) is 3.93. The number of methoxy groups -OCH3 is 1. The molecule has 1 aromatic rings. The number of likely N-dealkylation sites (N-methyl/N-ethyl adjacent to an activating group) is 1. The number of rotatable bonds is 1. The molecule has 2 aliphatic heterocycles. The van der Waals surface area contributed by atoms with Crippen molar-refractivity contribution in [3.8, 4) is 11.5 Å². The van der Waals surface area contributed by atoms with Gasteiger partial charge in [-0.1, -0.05) is 6.07 Å². The molecule has 4 aliphatic rings. The minimum absolute atomic E-state index is 0.0307. The van der Waals surface area contributed by atoms with E-state index >= 15 is 0 Å². The van der Waals surface area contributed by atoms with E-state index < -0.39 is 11.0 Å². The molecular formula is C18H21NO4. The summed E-state index contributed by atoms with van der Waals surface area (Å²) in [4.78, 5) is 14.6. The minimum Gasteiger partial charge on any atom is -0.504 e. The standard InChI is InChI=1S/C18H21NO4/c1-19-12-8-10-5-6-11(20)16-15(10)17(9-14(19)21)13(23-16)4-3-7-18(12,17)22-2/h5-6,12-13,20H,3-4,7-9H2,1-2H3/t12-,13-,17-,18-/m1/s1. The first-order chi connectivity index (χ1) is 11.0. The highest BCUT2D eigenvalue weighted by molar-refractivity contribution is 5.83. The van der Waals surface area contributed by atoms with E-state index in [1.165, 1.54) is 5.56 Å². The van der Waals surface area contributed by atoms with Crippen molar-refractivity contribution in [2.24, 2.45) is 0 Å². The number of likely N-dealkylation sites (tertiary alicyclic amines) is 1. The maximum atomic E-state index is 12.7. The average Bonchev–Trinajstić information content (AvgIpc) is 2.88. The Bertz CT molecular complexity index is 732. The van der Waals surface area contributed by atoms with Crippen LogP contribution in [-0.2, 0) is 21.4 Å². The van der Waals surface area contributed by atoms with Crippen molar-refractivity contribution in [1.82, 2.24) is 4.90 Å². The zero-order chi connectivity index (χ0) is 16.0. The smallest absolute Gasteiger partial charge is 0.223 e. The number of nitrogens with zero attached hydrogens (tertiary/aromatic N) is 1. The molecule has 0 unspecified atom stereocenters. The summed E-state index contributed by atoms with van der Waals surface area (Å²) in [6.45, 7) is 0. The molecule has 1 N–H and O–H groups in total. The zero-order valence-corrected chi connectivity index (χ0v) is 13.5. The fourth-order valence-corrected chi connectivity index (χ4v) is 5.95. The van der Waals surface area contributed by atoms with Crippen LogP contribution in [0.4, 0.5) is 0 Å². The first kappa shape index (κ1) is 13.7. The lowest BCUT2D eigenvalue weighted by Gasteiger charge is -2.63. The van der Waals surface area contributed by atoms with Gasteiger partial charge in [0.2, 0.25) is 5.91 Å². The number of phenolic OH excluding ortho intramolecular Hbond substituents is 1. The van der Waals surface area contributed by atoms with Crippen LogP contribution in [0.5, 0.6) is 11.5 Å². The summed E-state index contributed by atoms with van der Waals surface area (Å²) in [7, 11) is 3.67. The maximum Gasteiger partial charge on any atom is 0.223 e. The summed E-state index contributed by atoms with van der Waals surface area (Å²) in [5.74, 6) is 0.925. The van der Waals surface area contributed by atoms with E-state index in [1.54, 1.807) is 13.2 Å². The highest BCUT2D eigenvalue weighted by Crippen LogP contribution is 2.66. The second kappa shape index (κ2) is 4.01. The number of hydrogen-bond donors (Lipinski definition) is 1. The monoisotopic (exact) mass is 315 g/mol. The van der Waals surface area contributed by atoms with Gasteiger partial charge in [0, 0.05) is 26.1 Å². The fourth-order valence-electron chi connectivity index (χ4n) is 5.95. The maximum absolute atomic E-state index is 12.7. The van der Waals surface area contributed by atoms with Crippen LogP contribution in [0.15, 0.2) is 12.1 Å². The third kappa shape index (κ3) is 1.26. The van der Waals surface area contributed by atoms with E-state index in [-0.39, 0.29) is 23.8 Å². The number of hydrogen-bond acceptors (Lipinski definition) is 4. The fraction of sp³-hybridized carbons (Fsp3) is 0.611. The second-order valence-corrected chi connectivity index (χ2v) is 7.41. The Morgan fingerprint density at radius 3 is 3.04 bits per heavy atom. The van der Waals surface area contributed by atoms with E-state index in [9.17, 15) is 9.90 Å². The van der Waals surface area contributed by atoms with Gasteiger partial charge in [-0.25, -0.2) is 0 Å². The molecule has 1 saturated carbocycles. The van der Waals surface area contributed by atoms with Crippen molar-refractivity contribution in [2.75, 3.05) is 14.2 Å². The first-order valence-corrected chi connectivity index (χ1v) is 8.38. The van der Waals surface area contributed by atoms with Gasteiger partial charge in [0.25, 0.3) is 0 Å². The Hall–Kier alpha value is -1.75. The van der Waals surface area contributed by atoms with Crippen LogP contribution >= 0.6 is 0 Å². The van der Waals surface area contributed by atoms with Crippen molar-refractivity contribution in [3.63, 3.8) is 0 Å². The van der Waals surface area contributed by atoms with Crippen molar-refractivity contribution >= 4 is 5.91 Å². The third-order valence-corrected chi connectivity index (χ3v) is 6.86. The molecule has 5 heteroatoms. The van der Waals surface area contributed by atoms with Crippen molar-refractivity contribution < 1.29 is 19.4 Å². The molecule has 1 amide bonds. The number of benzene rings is 1. The first-order valence-electron chi connectivity index (χ1n) is 8.38. The molecule has 4 atom stereocenters. The Balaban J connectivity index is 1.88. The Kier molecular flexibility index (Phi) is 2.38. The predicted octanol–water partition coefficient (Wildman–Crippen LogP) is 1.75. The van der Waals surface area contributed by atoms with Crippen LogP contribution in [0.25, 0.3) is 0 Å². The molecule has 5 nitrogen and oxygen atoms in total. The van der Waals surface area contributed by atoms with Gasteiger partial charge in [0.1, 0.15) is 11.7 Å². The molecule has 23 heavy (non-hydrogen) atoms. The lowest BCUT2D eigenvalue weighted by Crippen LogP contribution is -2.76. The summed E-state index contributed by atoms with van der Waals surface area (Å²) in [6, 6.07) is 3.74. The van der Waals surface area contributed by atoms with Gasteiger partial charge in [0.15, 0.2) is 11.5 Å². The van der Waals surface area contributed by atoms with Crippen LogP contribution < -0.4 is 4.74 Å². The topological polar surface area (TPSA) is 59.0 Å². The zero-order valence-electron chi connectivity index (χ0n) is 13.5. The number of ether oxygens (including phenoxy) is 2. The normalized spacial score (nSPS) is 39.9. The van der Waals surface area contributed by atoms with Gasteiger partial charge in [-0.15, -0.1) is 0 Å². The third-order valence-electron chi connectivity index (χ3n) is 6.86. The van der Waals surface area contributed by atoms with Crippen LogP contribution in [0, 0.1) is 0 Å². The average molecular weight is 315 g/mol. The molecule has 1 spiro atoms. The number of phenols is 1. The molecule has 5 rings (SSSR count). The van der Waals surface area contributed by atoms with Gasteiger partial charge in [0.05, 0.1) is 11.5 Å². The Morgan fingerprint density at radius 1 is 1.43 bits per heavy atom. The van der Waals surface area contributed by atoms with Gasteiger partial charge in [-0.2, -0.15) is 0 Å². The molecule has 2 fully saturated rings.